The third-order valence-corrected chi connectivity index (χ3v) is 3.95. The van der Waals surface area contributed by atoms with Gasteiger partial charge in [0.05, 0.1) is 25.5 Å². The fraction of sp³-hybridized carbons (Fsp3) is 0.556. The number of hydrogen-bond acceptors (Lipinski definition) is 5. The molecule has 2 atom stereocenters. The molecule has 0 aromatic carbocycles. The van der Waals surface area contributed by atoms with Crippen molar-refractivity contribution in [3.63, 3.8) is 0 Å². The lowest BCUT2D eigenvalue weighted by molar-refractivity contribution is -0.00389. The van der Waals surface area contributed by atoms with Gasteiger partial charge in [0.1, 0.15) is 23.9 Å². The quantitative estimate of drug-likeness (QED) is 0.727. The molecule has 5 heteroatoms. The molecule has 0 bridgehead atoms. The van der Waals surface area contributed by atoms with Gasteiger partial charge in [-0.1, -0.05) is 6.92 Å². The van der Waals surface area contributed by atoms with E-state index in [1.807, 2.05) is 31.2 Å². The Morgan fingerprint density at radius 2 is 2.09 bits per heavy atom. The van der Waals surface area contributed by atoms with Crippen molar-refractivity contribution >= 4 is 0 Å². The summed E-state index contributed by atoms with van der Waals surface area (Å²) in [5.74, 6) is 2.60. The van der Waals surface area contributed by atoms with Gasteiger partial charge in [-0.15, -0.1) is 0 Å². The number of ether oxygens (including phenoxy) is 1. The molecule has 0 radical (unpaired) electrons. The zero-order valence-corrected chi connectivity index (χ0v) is 14.2. The van der Waals surface area contributed by atoms with Gasteiger partial charge in [-0.05, 0) is 44.5 Å². The van der Waals surface area contributed by atoms with Crippen molar-refractivity contribution in [2.45, 2.75) is 52.5 Å². The lowest BCUT2D eigenvalue weighted by Gasteiger charge is -2.29. The van der Waals surface area contributed by atoms with Crippen LogP contribution in [0, 0.1) is 6.92 Å². The van der Waals surface area contributed by atoms with Gasteiger partial charge in [-0.2, -0.15) is 0 Å². The maximum Gasteiger partial charge on any atom is 0.129 e. The molecular formula is C18H27NO4. The number of aliphatic hydroxyl groups is 1. The van der Waals surface area contributed by atoms with Gasteiger partial charge in [-0.3, -0.25) is 4.90 Å². The molecule has 0 saturated carbocycles. The van der Waals surface area contributed by atoms with Gasteiger partial charge in [0, 0.05) is 12.6 Å². The van der Waals surface area contributed by atoms with Crippen molar-refractivity contribution in [2.24, 2.45) is 0 Å². The maximum absolute atomic E-state index is 10.2. The van der Waals surface area contributed by atoms with Crippen LogP contribution in [0.2, 0.25) is 0 Å². The summed E-state index contributed by atoms with van der Waals surface area (Å²) in [5, 5.41) is 10.2. The summed E-state index contributed by atoms with van der Waals surface area (Å²) in [7, 11) is 0. The first-order chi connectivity index (χ1) is 11.1. The lowest BCUT2D eigenvalue weighted by Crippen LogP contribution is -2.39. The topological polar surface area (TPSA) is 59.0 Å². The first-order valence-electron chi connectivity index (χ1n) is 8.16. The lowest BCUT2D eigenvalue weighted by atomic mass is 10.2. The van der Waals surface area contributed by atoms with Gasteiger partial charge < -0.3 is 18.7 Å². The van der Waals surface area contributed by atoms with Gasteiger partial charge in [0.15, 0.2) is 0 Å². The van der Waals surface area contributed by atoms with E-state index in [4.69, 9.17) is 13.6 Å². The van der Waals surface area contributed by atoms with Crippen molar-refractivity contribution in [1.82, 2.24) is 4.90 Å². The predicted molar refractivity (Wildman–Crippen MR) is 88.0 cm³/mol. The van der Waals surface area contributed by atoms with E-state index in [-0.39, 0.29) is 6.61 Å². The molecule has 1 N–H and O–H groups in total. The molecule has 0 amide bonds. The molecule has 2 heterocycles. The Balaban J connectivity index is 1.81. The van der Waals surface area contributed by atoms with Crippen LogP contribution in [-0.2, 0) is 17.9 Å². The molecule has 2 unspecified atom stereocenters. The van der Waals surface area contributed by atoms with Gasteiger partial charge in [0.25, 0.3) is 0 Å². The summed E-state index contributed by atoms with van der Waals surface area (Å²) >= 11 is 0. The molecule has 2 aromatic rings. The molecule has 2 rings (SSSR count). The second-order valence-electron chi connectivity index (χ2n) is 5.95. The zero-order valence-electron chi connectivity index (χ0n) is 14.2. The number of nitrogens with zero attached hydrogens (tertiary/aromatic N) is 1. The van der Waals surface area contributed by atoms with Crippen LogP contribution >= 0.6 is 0 Å². The Bertz CT molecular complexity index is 549. The highest BCUT2D eigenvalue weighted by atomic mass is 16.5. The van der Waals surface area contributed by atoms with E-state index in [0.717, 1.165) is 23.7 Å². The van der Waals surface area contributed by atoms with Crippen molar-refractivity contribution in [2.75, 3.05) is 13.2 Å². The zero-order chi connectivity index (χ0) is 16.7. The summed E-state index contributed by atoms with van der Waals surface area (Å²) in [5.41, 5.74) is 0. The van der Waals surface area contributed by atoms with Crippen LogP contribution in [0.3, 0.4) is 0 Å². The summed E-state index contributed by atoms with van der Waals surface area (Å²) < 4.78 is 16.4. The average molecular weight is 321 g/mol. The van der Waals surface area contributed by atoms with Crippen LogP contribution in [-0.4, -0.2) is 35.3 Å². The normalized spacial score (nSPS) is 14.3. The Kier molecular flexibility index (Phi) is 6.89. The highest BCUT2D eigenvalue weighted by molar-refractivity contribution is 5.05. The standard InChI is InChI=1S/C18H27NO4/c1-4-14(2)19(11-17-8-7-15(3)23-17)10-16(20)12-21-13-18-6-5-9-22-18/h5-9,14,16,20H,4,10-13H2,1-3H3. The van der Waals surface area contributed by atoms with Crippen LogP contribution < -0.4 is 0 Å². The fourth-order valence-corrected chi connectivity index (χ4v) is 2.44. The highest BCUT2D eigenvalue weighted by Crippen LogP contribution is 2.14. The second kappa shape index (κ2) is 8.91. The van der Waals surface area contributed by atoms with E-state index in [1.54, 1.807) is 6.26 Å². The predicted octanol–water partition coefficient (Wildman–Crippen LogP) is 3.36. The van der Waals surface area contributed by atoms with Crippen molar-refractivity contribution < 1.29 is 18.7 Å². The summed E-state index contributed by atoms with van der Waals surface area (Å²) in [6.45, 7) is 8.14. The fourth-order valence-electron chi connectivity index (χ4n) is 2.44. The van der Waals surface area contributed by atoms with E-state index in [2.05, 4.69) is 18.7 Å². The molecule has 0 aliphatic heterocycles. The largest absolute Gasteiger partial charge is 0.467 e. The number of rotatable bonds is 10. The highest BCUT2D eigenvalue weighted by Gasteiger charge is 2.18. The molecule has 2 aromatic heterocycles. The first-order valence-corrected chi connectivity index (χ1v) is 8.16. The maximum atomic E-state index is 10.2. The van der Waals surface area contributed by atoms with Gasteiger partial charge in [-0.25, -0.2) is 0 Å². The summed E-state index contributed by atoms with van der Waals surface area (Å²) in [6, 6.07) is 8.00. The smallest absolute Gasteiger partial charge is 0.129 e. The molecule has 0 aliphatic rings. The molecule has 0 fully saturated rings. The minimum atomic E-state index is -0.546. The molecule has 23 heavy (non-hydrogen) atoms. The van der Waals surface area contributed by atoms with Crippen LogP contribution in [0.25, 0.3) is 0 Å². The van der Waals surface area contributed by atoms with Crippen molar-refractivity contribution in [3.05, 3.63) is 47.8 Å². The van der Waals surface area contributed by atoms with E-state index in [1.165, 1.54) is 0 Å². The second-order valence-corrected chi connectivity index (χ2v) is 5.95. The monoisotopic (exact) mass is 321 g/mol. The Morgan fingerprint density at radius 3 is 2.70 bits per heavy atom. The van der Waals surface area contributed by atoms with Crippen LogP contribution in [0.4, 0.5) is 0 Å². The molecule has 0 saturated heterocycles. The van der Waals surface area contributed by atoms with Crippen molar-refractivity contribution in [3.8, 4) is 0 Å². The van der Waals surface area contributed by atoms with E-state index in [9.17, 15) is 5.11 Å². The third-order valence-electron chi connectivity index (χ3n) is 3.95. The number of furan rings is 2. The molecule has 128 valence electrons. The number of hydrogen-bond donors (Lipinski definition) is 1. The van der Waals surface area contributed by atoms with Crippen LogP contribution in [0.5, 0.6) is 0 Å². The third kappa shape index (κ3) is 5.86. The average Bonchev–Trinajstić information content (AvgIpc) is 3.17. The van der Waals surface area contributed by atoms with E-state index >= 15 is 0 Å². The molecular weight excluding hydrogens is 294 g/mol. The minimum Gasteiger partial charge on any atom is -0.467 e. The number of aliphatic hydroxyl groups excluding tert-OH is 1. The van der Waals surface area contributed by atoms with Crippen LogP contribution in [0.15, 0.2) is 39.4 Å². The molecule has 0 aliphatic carbocycles. The van der Waals surface area contributed by atoms with E-state index < -0.39 is 6.10 Å². The summed E-state index contributed by atoms with van der Waals surface area (Å²) in [6.07, 6.45) is 2.08. The van der Waals surface area contributed by atoms with E-state index in [0.29, 0.717) is 25.7 Å². The Hall–Kier alpha value is -1.56. The summed E-state index contributed by atoms with van der Waals surface area (Å²) in [4.78, 5) is 2.22. The van der Waals surface area contributed by atoms with Gasteiger partial charge in [0.2, 0.25) is 0 Å². The molecule has 0 spiro atoms. The Morgan fingerprint density at radius 1 is 1.26 bits per heavy atom. The minimum absolute atomic E-state index is 0.283. The Labute approximate surface area is 137 Å². The SMILES string of the molecule is CCC(C)N(Cc1ccc(C)o1)CC(O)COCc1ccco1. The number of aryl methyl sites for hydroxylation is 1. The van der Waals surface area contributed by atoms with Crippen LogP contribution in [0.1, 0.15) is 37.5 Å². The first kappa shape index (κ1) is 17.8. The molecule has 5 nitrogen and oxygen atoms in total. The van der Waals surface area contributed by atoms with Gasteiger partial charge >= 0.3 is 0 Å². The van der Waals surface area contributed by atoms with Crippen molar-refractivity contribution in [1.29, 1.82) is 0 Å².